The molecule has 8 heteroatoms. The van der Waals surface area contributed by atoms with Gasteiger partial charge in [0.25, 0.3) is 0 Å². The Bertz CT molecular complexity index is 779. The Morgan fingerprint density at radius 1 is 1.19 bits per heavy atom. The number of ether oxygens (including phenoxy) is 1. The molecule has 0 bridgehead atoms. The number of nitrogens with two attached hydrogens (primary N) is 1. The highest BCUT2D eigenvalue weighted by molar-refractivity contribution is 5.84. The molecule has 2 aliphatic rings. The lowest BCUT2D eigenvalue weighted by Gasteiger charge is -2.38. The maximum atomic E-state index is 12.9. The average Bonchev–Trinajstić information content (AvgIpc) is 2.81. The van der Waals surface area contributed by atoms with Gasteiger partial charge in [-0.25, -0.2) is 9.59 Å². The number of hydrogen-bond donors (Lipinski definition) is 2. The van der Waals surface area contributed by atoms with Crippen molar-refractivity contribution in [2.24, 2.45) is 11.7 Å². The molecule has 32 heavy (non-hydrogen) atoms. The number of carbonyl (C=O) groups excluding carboxylic acids is 2. The quantitative estimate of drug-likeness (QED) is 0.671. The number of methoxy groups -OCH3 is 1. The van der Waals surface area contributed by atoms with Crippen LogP contribution in [0.25, 0.3) is 0 Å². The molecular weight excluding hydrogens is 410 g/mol. The van der Waals surface area contributed by atoms with Gasteiger partial charge in [-0.15, -0.1) is 0 Å². The molecule has 1 fully saturated rings. The van der Waals surface area contributed by atoms with Crippen molar-refractivity contribution in [3.63, 3.8) is 0 Å². The van der Waals surface area contributed by atoms with E-state index in [9.17, 15) is 19.5 Å². The standard InChI is InChI=1S/C18H24N2O5.C6H13N/c1-4-19(10-12(2)17(23)25-3)18(24)20-11-14-8-6-5-7-13(14)9-15(20)16(21)22;7-6-4-2-1-3-5-6/h5-8,12,15H,4,9-11H2,1-3H3,(H,21,22);6H,1-5,7H2/t12?,15-;/m0./s1. The van der Waals surface area contributed by atoms with Crippen LogP contribution in [0.3, 0.4) is 0 Å². The molecule has 1 aromatic rings. The highest BCUT2D eigenvalue weighted by atomic mass is 16.5. The topological polar surface area (TPSA) is 113 Å². The van der Waals surface area contributed by atoms with Crippen molar-refractivity contribution < 1.29 is 24.2 Å². The normalized spacial score (nSPS) is 19.1. The first-order valence-electron chi connectivity index (χ1n) is 11.5. The molecule has 3 N–H and O–H groups in total. The second kappa shape index (κ2) is 12.4. The molecular formula is C24H37N3O5. The number of benzene rings is 1. The predicted octanol–water partition coefficient (Wildman–Crippen LogP) is 3.03. The minimum absolute atomic E-state index is 0.187. The van der Waals surface area contributed by atoms with E-state index in [-0.39, 0.29) is 25.5 Å². The number of amides is 2. The minimum atomic E-state index is -1.03. The zero-order chi connectivity index (χ0) is 23.7. The van der Waals surface area contributed by atoms with Gasteiger partial charge in [-0.1, -0.05) is 50.5 Å². The van der Waals surface area contributed by atoms with Crippen molar-refractivity contribution >= 4 is 18.0 Å². The third-order valence-electron chi connectivity index (χ3n) is 6.18. The summed E-state index contributed by atoms with van der Waals surface area (Å²) in [7, 11) is 1.30. The summed E-state index contributed by atoms with van der Waals surface area (Å²) in [6.45, 7) is 4.30. The predicted molar refractivity (Wildman–Crippen MR) is 122 cm³/mol. The summed E-state index contributed by atoms with van der Waals surface area (Å²) in [5.74, 6) is -1.90. The average molecular weight is 448 g/mol. The van der Waals surface area contributed by atoms with E-state index >= 15 is 0 Å². The van der Waals surface area contributed by atoms with Gasteiger partial charge in [0.15, 0.2) is 0 Å². The van der Waals surface area contributed by atoms with Crippen LogP contribution in [0.1, 0.15) is 57.1 Å². The Balaban J connectivity index is 0.000000439. The molecule has 178 valence electrons. The Morgan fingerprint density at radius 3 is 2.31 bits per heavy atom. The number of rotatable bonds is 5. The number of esters is 1. The van der Waals surface area contributed by atoms with Gasteiger partial charge in [0.05, 0.1) is 13.0 Å². The molecule has 2 amide bonds. The molecule has 0 aromatic heterocycles. The van der Waals surface area contributed by atoms with Crippen LogP contribution < -0.4 is 5.73 Å². The van der Waals surface area contributed by atoms with Gasteiger partial charge >= 0.3 is 18.0 Å². The second-order valence-corrected chi connectivity index (χ2v) is 8.60. The summed E-state index contributed by atoms with van der Waals surface area (Å²) in [4.78, 5) is 39.1. The number of aliphatic carboxylic acids is 1. The molecule has 0 radical (unpaired) electrons. The van der Waals surface area contributed by atoms with E-state index in [1.807, 2.05) is 24.3 Å². The monoisotopic (exact) mass is 447 g/mol. The van der Waals surface area contributed by atoms with E-state index in [0.29, 0.717) is 12.6 Å². The lowest BCUT2D eigenvalue weighted by Crippen LogP contribution is -2.54. The molecule has 2 atom stereocenters. The van der Waals surface area contributed by atoms with Gasteiger partial charge in [-0.3, -0.25) is 4.79 Å². The highest BCUT2D eigenvalue weighted by Crippen LogP contribution is 2.25. The van der Waals surface area contributed by atoms with Crippen LogP contribution in [0.4, 0.5) is 4.79 Å². The van der Waals surface area contributed by atoms with Crippen molar-refractivity contribution in [1.29, 1.82) is 0 Å². The molecule has 3 rings (SSSR count). The molecule has 1 heterocycles. The third kappa shape index (κ3) is 6.95. The molecule has 1 saturated carbocycles. The minimum Gasteiger partial charge on any atom is -0.480 e. The smallest absolute Gasteiger partial charge is 0.326 e. The molecule has 8 nitrogen and oxygen atoms in total. The van der Waals surface area contributed by atoms with Crippen LogP contribution >= 0.6 is 0 Å². The first-order chi connectivity index (χ1) is 15.3. The number of carbonyl (C=O) groups is 3. The van der Waals surface area contributed by atoms with Gasteiger partial charge < -0.3 is 25.4 Å². The van der Waals surface area contributed by atoms with E-state index in [2.05, 4.69) is 0 Å². The summed E-state index contributed by atoms with van der Waals surface area (Å²) in [5.41, 5.74) is 7.53. The van der Waals surface area contributed by atoms with Crippen LogP contribution in [0.2, 0.25) is 0 Å². The summed E-state index contributed by atoms with van der Waals surface area (Å²) in [6, 6.07) is 6.79. The Hall–Kier alpha value is -2.61. The number of nitrogens with zero attached hydrogens (tertiary/aromatic N) is 2. The fourth-order valence-electron chi connectivity index (χ4n) is 4.21. The fraction of sp³-hybridized carbons (Fsp3) is 0.625. The lowest BCUT2D eigenvalue weighted by atomic mass is 9.94. The van der Waals surface area contributed by atoms with Crippen LogP contribution in [-0.4, -0.2) is 65.2 Å². The van der Waals surface area contributed by atoms with Gasteiger partial charge in [0.1, 0.15) is 6.04 Å². The van der Waals surface area contributed by atoms with E-state index in [1.165, 1.54) is 49.0 Å². The first-order valence-corrected chi connectivity index (χ1v) is 11.5. The van der Waals surface area contributed by atoms with Crippen LogP contribution in [0.15, 0.2) is 24.3 Å². The van der Waals surface area contributed by atoms with Crippen LogP contribution in [0, 0.1) is 5.92 Å². The van der Waals surface area contributed by atoms with Crippen molar-refractivity contribution in [3.8, 4) is 0 Å². The number of carboxylic acids is 1. The van der Waals surface area contributed by atoms with E-state index < -0.39 is 23.9 Å². The molecule has 1 aliphatic carbocycles. The molecule has 0 spiro atoms. The Labute approximate surface area is 190 Å². The maximum absolute atomic E-state index is 12.9. The number of hydrogen-bond acceptors (Lipinski definition) is 5. The molecule has 1 unspecified atom stereocenters. The summed E-state index contributed by atoms with van der Waals surface area (Å²) >= 11 is 0. The number of urea groups is 1. The summed E-state index contributed by atoms with van der Waals surface area (Å²) in [5, 5.41) is 9.56. The van der Waals surface area contributed by atoms with E-state index in [0.717, 1.165) is 11.1 Å². The SMILES string of the molecule is CCN(CC(C)C(=O)OC)C(=O)N1Cc2ccccc2C[C@H]1C(=O)O.NC1CCCCC1. The Kier molecular flexibility index (Phi) is 9.97. The first kappa shape index (κ1) is 25.6. The number of fused-ring (bicyclic) bond motifs is 1. The summed E-state index contributed by atoms with van der Waals surface area (Å²) < 4.78 is 4.70. The zero-order valence-corrected chi connectivity index (χ0v) is 19.5. The van der Waals surface area contributed by atoms with Crippen molar-refractivity contribution in [2.75, 3.05) is 20.2 Å². The molecule has 1 aromatic carbocycles. The van der Waals surface area contributed by atoms with Crippen LogP contribution in [0.5, 0.6) is 0 Å². The van der Waals surface area contributed by atoms with Gasteiger partial charge in [-0.05, 0) is 30.9 Å². The van der Waals surface area contributed by atoms with Crippen molar-refractivity contribution in [2.45, 2.75) is 71.0 Å². The van der Waals surface area contributed by atoms with Crippen molar-refractivity contribution in [3.05, 3.63) is 35.4 Å². The summed E-state index contributed by atoms with van der Waals surface area (Å²) in [6.07, 6.45) is 6.94. The second-order valence-electron chi connectivity index (χ2n) is 8.60. The third-order valence-corrected chi connectivity index (χ3v) is 6.18. The van der Waals surface area contributed by atoms with Gasteiger partial charge in [-0.2, -0.15) is 0 Å². The van der Waals surface area contributed by atoms with Crippen molar-refractivity contribution in [1.82, 2.24) is 9.80 Å². The fourth-order valence-corrected chi connectivity index (χ4v) is 4.21. The van der Waals surface area contributed by atoms with Crippen LogP contribution in [-0.2, 0) is 27.3 Å². The van der Waals surface area contributed by atoms with E-state index in [4.69, 9.17) is 10.5 Å². The Morgan fingerprint density at radius 2 is 1.81 bits per heavy atom. The van der Waals surface area contributed by atoms with Gasteiger partial charge in [0, 0.05) is 32.1 Å². The zero-order valence-electron chi connectivity index (χ0n) is 19.5. The lowest BCUT2D eigenvalue weighted by molar-refractivity contribution is -0.146. The number of carboxylic acid groups (broad SMARTS) is 1. The largest absolute Gasteiger partial charge is 0.480 e. The van der Waals surface area contributed by atoms with Gasteiger partial charge in [0.2, 0.25) is 0 Å². The molecule has 1 aliphatic heterocycles. The van der Waals surface area contributed by atoms with E-state index in [1.54, 1.807) is 13.8 Å². The maximum Gasteiger partial charge on any atom is 0.326 e. The molecule has 0 saturated heterocycles. The highest BCUT2D eigenvalue weighted by Gasteiger charge is 2.36.